The standard InChI is InChI=1S/C10H12O3S/c1-13-10(12)9-5-8(14-2)4-3-7(9)6-11/h3-5,11H,6H2,1-2H3. The summed E-state index contributed by atoms with van der Waals surface area (Å²) in [5, 5.41) is 9.01. The highest BCUT2D eigenvalue weighted by atomic mass is 32.2. The summed E-state index contributed by atoms with van der Waals surface area (Å²) in [6.45, 7) is -0.154. The molecule has 0 aromatic heterocycles. The van der Waals surface area contributed by atoms with Gasteiger partial charge in [-0.2, -0.15) is 0 Å². The number of carbonyl (C=O) groups excluding carboxylic acids is 1. The molecule has 0 radical (unpaired) electrons. The monoisotopic (exact) mass is 212 g/mol. The lowest BCUT2D eigenvalue weighted by Crippen LogP contribution is -2.05. The third-order valence-electron chi connectivity index (χ3n) is 1.89. The maximum Gasteiger partial charge on any atom is 0.338 e. The maximum absolute atomic E-state index is 11.3. The Morgan fingerprint density at radius 1 is 1.57 bits per heavy atom. The van der Waals surface area contributed by atoms with E-state index in [1.807, 2.05) is 12.3 Å². The number of carbonyl (C=O) groups is 1. The van der Waals surface area contributed by atoms with Gasteiger partial charge in [0.2, 0.25) is 0 Å². The zero-order chi connectivity index (χ0) is 10.6. The van der Waals surface area contributed by atoms with Crippen molar-refractivity contribution in [2.45, 2.75) is 11.5 Å². The zero-order valence-corrected chi connectivity index (χ0v) is 8.93. The quantitative estimate of drug-likeness (QED) is 0.611. The fourth-order valence-electron chi connectivity index (χ4n) is 1.12. The van der Waals surface area contributed by atoms with Gasteiger partial charge in [-0.25, -0.2) is 4.79 Å². The van der Waals surface area contributed by atoms with Gasteiger partial charge in [0.25, 0.3) is 0 Å². The van der Waals surface area contributed by atoms with Crippen molar-refractivity contribution < 1.29 is 14.6 Å². The summed E-state index contributed by atoms with van der Waals surface area (Å²) < 4.78 is 4.62. The molecular weight excluding hydrogens is 200 g/mol. The molecule has 0 aliphatic heterocycles. The van der Waals surface area contributed by atoms with E-state index in [-0.39, 0.29) is 6.61 Å². The zero-order valence-electron chi connectivity index (χ0n) is 8.11. The molecule has 4 heteroatoms. The van der Waals surface area contributed by atoms with Crippen molar-refractivity contribution in [1.29, 1.82) is 0 Å². The van der Waals surface area contributed by atoms with Gasteiger partial charge in [-0.3, -0.25) is 0 Å². The molecule has 0 unspecified atom stereocenters. The van der Waals surface area contributed by atoms with Gasteiger partial charge < -0.3 is 9.84 Å². The molecule has 0 atom stereocenters. The minimum absolute atomic E-state index is 0.154. The minimum Gasteiger partial charge on any atom is -0.465 e. The molecule has 1 aromatic carbocycles. The van der Waals surface area contributed by atoms with Crippen molar-refractivity contribution in [1.82, 2.24) is 0 Å². The van der Waals surface area contributed by atoms with Crippen LogP contribution < -0.4 is 0 Å². The number of rotatable bonds is 3. The van der Waals surface area contributed by atoms with Crippen LogP contribution in [0.1, 0.15) is 15.9 Å². The largest absolute Gasteiger partial charge is 0.465 e. The molecule has 0 heterocycles. The topological polar surface area (TPSA) is 46.5 Å². The Hall–Kier alpha value is -1.00. The molecule has 76 valence electrons. The molecule has 0 aliphatic carbocycles. The third kappa shape index (κ3) is 2.27. The van der Waals surface area contributed by atoms with Crippen LogP contribution in [0.2, 0.25) is 0 Å². The van der Waals surface area contributed by atoms with E-state index in [2.05, 4.69) is 4.74 Å². The molecule has 14 heavy (non-hydrogen) atoms. The van der Waals surface area contributed by atoms with Crippen molar-refractivity contribution in [2.24, 2.45) is 0 Å². The molecule has 0 spiro atoms. The third-order valence-corrected chi connectivity index (χ3v) is 2.62. The van der Waals surface area contributed by atoms with Crippen molar-refractivity contribution in [3.05, 3.63) is 29.3 Å². The van der Waals surface area contributed by atoms with Crippen LogP contribution in [-0.2, 0) is 11.3 Å². The second kappa shape index (κ2) is 5.02. The molecule has 0 aliphatic rings. The highest BCUT2D eigenvalue weighted by molar-refractivity contribution is 7.98. The molecule has 1 aromatic rings. The fourth-order valence-corrected chi connectivity index (χ4v) is 1.56. The number of aliphatic hydroxyl groups is 1. The van der Waals surface area contributed by atoms with Crippen LogP contribution in [0.25, 0.3) is 0 Å². The average molecular weight is 212 g/mol. The van der Waals surface area contributed by atoms with Gasteiger partial charge in [0.15, 0.2) is 0 Å². The van der Waals surface area contributed by atoms with Gasteiger partial charge in [0.1, 0.15) is 0 Å². The summed E-state index contributed by atoms with van der Waals surface area (Å²) in [6, 6.07) is 5.32. The highest BCUT2D eigenvalue weighted by Gasteiger charge is 2.11. The molecular formula is C10H12O3S. The Morgan fingerprint density at radius 2 is 2.29 bits per heavy atom. The molecule has 0 fully saturated rings. The lowest BCUT2D eigenvalue weighted by Gasteiger charge is -2.06. The number of esters is 1. The van der Waals surface area contributed by atoms with Crippen molar-refractivity contribution in [2.75, 3.05) is 13.4 Å². The Morgan fingerprint density at radius 3 is 2.79 bits per heavy atom. The predicted molar refractivity (Wildman–Crippen MR) is 55.5 cm³/mol. The first-order valence-corrected chi connectivity index (χ1v) is 5.31. The Kier molecular flexibility index (Phi) is 3.98. The van der Waals surface area contributed by atoms with Crippen LogP contribution in [0.5, 0.6) is 0 Å². The molecule has 1 N–H and O–H groups in total. The normalized spacial score (nSPS) is 9.93. The van der Waals surface area contributed by atoms with Gasteiger partial charge in [-0.15, -0.1) is 11.8 Å². The van der Waals surface area contributed by atoms with Gasteiger partial charge in [-0.05, 0) is 24.0 Å². The van der Waals surface area contributed by atoms with E-state index in [1.54, 1.807) is 23.9 Å². The second-order valence-corrected chi connectivity index (χ2v) is 3.55. The van der Waals surface area contributed by atoms with Gasteiger partial charge in [-0.1, -0.05) is 6.07 Å². The number of methoxy groups -OCH3 is 1. The van der Waals surface area contributed by atoms with Crippen LogP contribution in [0.15, 0.2) is 23.1 Å². The highest BCUT2D eigenvalue weighted by Crippen LogP contribution is 2.20. The second-order valence-electron chi connectivity index (χ2n) is 2.67. The summed E-state index contributed by atoms with van der Waals surface area (Å²) >= 11 is 1.54. The van der Waals surface area contributed by atoms with E-state index in [9.17, 15) is 4.79 Å². The molecule has 0 saturated carbocycles. The van der Waals surface area contributed by atoms with Crippen LogP contribution in [0.3, 0.4) is 0 Å². The van der Waals surface area contributed by atoms with Gasteiger partial charge in [0.05, 0.1) is 19.3 Å². The predicted octanol–water partition coefficient (Wildman–Crippen LogP) is 1.69. The first-order valence-electron chi connectivity index (χ1n) is 4.09. The van der Waals surface area contributed by atoms with Crippen LogP contribution >= 0.6 is 11.8 Å². The van der Waals surface area contributed by atoms with Gasteiger partial charge in [0, 0.05) is 4.90 Å². The van der Waals surface area contributed by atoms with E-state index in [1.165, 1.54) is 7.11 Å². The van der Waals surface area contributed by atoms with E-state index in [0.717, 1.165) is 4.90 Å². The number of ether oxygens (including phenoxy) is 1. The molecule has 0 bridgehead atoms. The number of aliphatic hydroxyl groups excluding tert-OH is 1. The summed E-state index contributed by atoms with van der Waals surface area (Å²) in [5.74, 6) is -0.412. The average Bonchev–Trinajstić information content (AvgIpc) is 2.27. The van der Waals surface area contributed by atoms with E-state index >= 15 is 0 Å². The van der Waals surface area contributed by atoms with E-state index in [0.29, 0.717) is 11.1 Å². The first kappa shape index (κ1) is 11.1. The summed E-state index contributed by atoms with van der Waals surface area (Å²) in [7, 11) is 1.33. The molecule has 0 saturated heterocycles. The first-order chi connectivity index (χ1) is 6.72. The van der Waals surface area contributed by atoms with Crippen LogP contribution in [0.4, 0.5) is 0 Å². The molecule has 3 nitrogen and oxygen atoms in total. The van der Waals surface area contributed by atoms with Crippen molar-refractivity contribution >= 4 is 17.7 Å². The van der Waals surface area contributed by atoms with Crippen molar-refractivity contribution in [3.63, 3.8) is 0 Å². The van der Waals surface area contributed by atoms with E-state index in [4.69, 9.17) is 5.11 Å². The Balaban J connectivity index is 3.14. The number of thioether (sulfide) groups is 1. The summed E-state index contributed by atoms with van der Waals surface area (Å²) in [6.07, 6.45) is 1.93. The SMILES string of the molecule is COC(=O)c1cc(SC)ccc1CO. The Labute approximate surface area is 87.1 Å². The van der Waals surface area contributed by atoms with Crippen LogP contribution in [0, 0.1) is 0 Å². The maximum atomic E-state index is 11.3. The Bertz CT molecular complexity index is 336. The number of benzene rings is 1. The lowest BCUT2D eigenvalue weighted by atomic mass is 10.1. The van der Waals surface area contributed by atoms with Crippen LogP contribution in [-0.4, -0.2) is 24.4 Å². The van der Waals surface area contributed by atoms with Crippen molar-refractivity contribution in [3.8, 4) is 0 Å². The fraction of sp³-hybridized carbons (Fsp3) is 0.300. The lowest BCUT2D eigenvalue weighted by molar-refractivity contribution is 0.0597. The summed E-state index contributed by atoms with van der Waals surface area (Å²) in [4.78, 5) is 12.3. The minimum atomic E-state index is -0.412. The molecule has 0 amide bonds. The molecule has 1 rings (SSSR count). The van der Waals surface area contributed by atoms with E-state index < -0.39 is 5.97 Å². The number of hydrogen-bond donors (Lipinski definition) is 1. The van der Waals surface area contributed by atoms with Gasteiger partial charge >= 0.3 is 5.97 Å². The number of hydrogen-bond acceptors (Lipinski definition) is 4. The smallest absolute Gasteiger partial charge is 0.338 e. The summed E-state index contributed by atoms with van der Waals surface area (Å²) in [5.41, 5.74) is 1.02.